The van der Waals surface area contributed by atoms with Gasteiger partial charge in [0, 0.05) is 18.8 Å². The van der Waals surface area contributed by atoms with Crippen LogP contribution in [0.25, 0.3) is 0 Å². The van der Waals surface area contributed by atoms with E-state index in [1.165, 1.54) is 25.3 Å². The van der Waals surface area contributed by atoms with Crippen LogP contribution < -0.4 is 5.56 Å². The lowest BCUT2D eigenvalue weighted by Gasteiger charge is -2.04. The van der Waals surface area contributed by atoms with E-state index in [0.29, 0.717) is 4.77 Å². The van der Waals surface area contributed by atoms with Gasteiger partial charge < -0.3 is 4.57 Å². The van der Waals surface area contributed by atoms with Crippen LogP contribution in [0, 0.1) is 4.77 Å². The van der Waals surface area contributed by atoms with Crippen LogP contribution in [0.15, 0.2) is 17.1 Å². The lowest BCUT2D eigenvalue weighted by molar-refractivity contribution is 0.568. The summed E-state index contributed by atoms with van der Waals surface area (Å²) in [5.74, 6) is 0. The van der Waals surface area contributed by atoms with Crippen molar-refractivity contribution in [2.75, 3.05) is 0 Å². The van der Waals surface area contributed by atoms with Crippen LogP contribution in [-0.4, -0.2) is 9.55 Å². The van der Waals surface area contributed by atoms with Crippen molar-refractivity contribution in [1.29, 1.82) is 0 Å². The summed E-state index contributed by atoms with van der Waals surface area (Å²) in [6.07, 6.45) is 6.59. The second kappa shape index (κ2) is 5.75. The Hall–Kier alpha value is -0.900. The fraction of sp³-hybridized carbons (Fsp3) is 0.600. The molecule has 0 saturated carbocycles. The van der Waals surface area contributed by atoms with Crippen LogP contribution in [0.4, 0.5) is 0 Å². The molecule has 0 aromatic carbocycles. The predicted molar refractivity (Wildman–Crippen MR) is 60.0 cm³/mol. The number of aryl methyl sites for hydroxylation is 1. The van der Waals surface area contributed by atoms with E-state index in [1.807, 2.05) is 4.57 Å². The number of rotatable bonds is 5. The first-order valence-corrected chi connectivity index (χ1v) is 5.44. The van der Waals surface area contributed by atoms with E-state index in [-0.39, 0.29) is 5.56 Å². The van der Waals surface area contributed by atoms with Gasteiger partial charge in [-0.15, -0.1) is 0 Å². The molecule has 0 amide bonds. The molecular weight excluding hydrogens is 196 g/mol. The fourth-order valence-corrected chi connectivity index (χ4v) is 1.58. The molecule has 0 aliphatic heterocycles. The lowest BCUT2D eigenvalue weighted by atomic mass is 10.2. The first-order chi connectivity index (χ1) is 6.74. The third-order valence-corrected chi connectivity index (χ3v) is 2.49. The minimum Gasteiger partial charge on any atom is -0.325 e. The molecule has 1 heterocycles. The van der Waals surface area contributed by atoms with Crippen LogP contribution in [-0.2, 0) is 6.54 Å². The Labute approximate surface area is 88.8 Å². The number of hydrogen-bond donors (Lipinski definition) is 1. The number of H-pyrrole nitrogens is 1. The molecule has 0 spiro atoms. The van der Waals surface area contributed by atoms with Crippen molar-refractivity contribution in [2.24, 2.45) is 0 Å². The highest BCUT2D eigenvalue weighted by Gasteiger charge is 1.93. The van der Waals surface area contributed by atoms with Gasteiger partial charge in [-0.25, -0.2) is 0 Å². The van der Waals surface area contributed by atoms with Gasteiger partial charge in [-0.1, -0.05) is 26.2 Å². The molecule has 1 aromatic heterocycles. The minimum absolute atomic E-state index is 0.125. The molecule has 0 saturated heterocycles. The molecule has 0 fully saturated rings. The van der Waals surface area contributed by atoms with Gasteiger partial charge in [-0.05, 0) is 18.6 Å². The zero-order valence-corrected chi connectivity index (χ0v) is 9.27. The van der Waals surface area contributed by atoms with Gasteiger partial charge in [0.1, 0.15) is 0 Å². The molecule has 78 valence electrons. The van der Waals surface area contributed by atoms with Crippen LogP contribution in [0.3, 0.4) is 0 Å². The highest BCUT2D eigenvalue weighted by molar-refractivity contribution is 7.71. The van der Waals surface area contributed by atoms with Crippen molar-refractivity contribution >= 4 is 12.2 Å². The van der Waals surface area contributed by atoms with E-state index in [9.17, 15) is 4.79 Å². The second-order valence-corrected chi connectivity index (χ2v) is 3.75. The van der Waals surface area contributed by atoms with E-state index in [2.05, 4.69) is 11.9 Å². The summed E-state index contributed by atoms with van der Waals surface area (Å²) in [7, 11) is 0. The summed E-state index contributed by atoms with van der Waals surface area (Å²) < 4.78 is 2.43. The van der Waals surface area contributed by atoms with Crippen molar-refractivity contribution in [2.45, 2.75) is 39.2 Å². The molecule has 0 aliphatic carbocycles. The van der Waals surface area contributed by atoms with Crippen molar-refractivity contribution in [3.8, 4) is 0 Å². The topological polar surface area (TPSA) is 37.8 Å². The molecule has 1 aromatic rings. The third-order valence-electron chi connectivity index (χ3n) is 2.15. The maximum Gasteiger partial charge on any atom is 0.251 e. The minimum atomic E-state index is -0.125. The quantitative estimate of drug-likeness (QED) is 0.601. The second-order valence-electron chi connectivity index (χ2n) is 3.36. The summed E-state index contributed by atoms with van der Waals surface area (Å²) >= 11 is 5.02. The molecule has 14 heavy (non-hydrogen) atoms. The van der Waals surface area contributed by atoms with Crippen LogP contribution in [0.1, 0.15) is 32.6 Å². The summed E-state index contributed by atoms with van der Waals surface area (Å²) in [5.41, 5.74) is -0.125. The Morgan fingerprint density at radius 1 is 1.43 bits per heavy atom. The number of aromatic nitrogens is 2. The third kappa shape index (κ3) is 3.46. The first-order valence-electron chi connectivity index (χ1n) is 5.04. The van der Waals surface area contributed by atoms with Crippen molar-refractivity contribution in [3.05, 3.63) is 27.4 Å². The molecule has 0 bridgehead atoms. The Balaban J connectivity index is 2.51. The van der Waals surface area contributed by atoms with Crippen LogP contribution >= 0.6 is 12.2 Å². The lowest BCUT2D eigenvalue weighted by Crippen LogP contribution is -2.11. The van der Waals surface area contributed by atoms with Gasteiger partial charge in [-0.2, -0.15) is 0 Å². The predicted octanol–water partition coefficient (Wildman–Crippen LogP) is 2.49. The fourth-order valence-electron chi connectivity index (χ4n) is 1.33. The molecule has 1 N–H and O–H groups in total. The summed E-state index contributed by atoms with van der Waals surface area (Å²) in [6, 6.07) is 1.51. The maximum atomic E-state index is 10.9. The van der Waals surface area contributed by atoms with E-state index in [0.717, 1.165) is 13.0 Å². The summed E-state index contributed by atoms with van der Waals surface area (Å²) in [4.78, 5) is 13.5. The molecule has 4 heteroatoms. The van der Waals surface area contributed by atoms with Gasteiger partial charge in [0.15, 0.2) is 4.77 Å². The number of unbranched alkanes of at least 4 members (excludes halogenated alkanes) is 3. The average molecular weight is 212 g/mol. The van der Waals surface area contributed by atoms with E-state index < -0.39 is 0 Å². The molecule has 0 aliphatic rings. The highest BCUT2D eigenvalue weighted by atomic mass is 32.1. The van der Waals surface area contributed by atoms with Gasteiger partial charge in [0.25, 0.3) is 5.56 Å². The van der Waals surface area contributed by atoms with Crippen molar-refractivity contribution in [1.82, 2.24) is 9.55 Å². The normalized spacial score (nSPS) is 10.4. The molecule has 3 nitrogen and oxygen atoms in total. The van der Waals surface area contributed by atoms with Crippen LogP contribution in [0.2, 0.25) is 0 Å². The smallest absolute Gasteiger partial charge is 0.251 e. The maximum absolute atomic E-state index is 10.9. The summed E-state index contributed by atoms with van der Waals surface area (Å²) in [5, 5.41) is 0. The van der Waals surface area contributed by atoms with Crippen molar-refractivity contribution in [3.63, 3.8) is 0 Å². The highest BCUT2D eigenvalue weighted by Crippen LogP contribution is 2.01. The SMILES string of the molecule is CCCCCCn1ccc(=O)[nH]c1=S. The molecule has 0 unspecified atom stereocenters. The summed E-state index contributed by atoms with van der Waals surface area (Å²) in [6.45, 7) is 3.08. The zero-order valence-electron chi connectivity index (χ0n) is 8.45. The number of aromatic amines is 1. The molecular formula is C10H16N2OS. The Kier molecular flexibility index (Phi) is 4.59. The van der Waals surface area contributed by atoms with Gasteiger partial charge in [0.05, 0.1) is 0 Å². The van der Waals surface area contributed by atoms with Crippen molar-refractivity contribution < 1.29 is 0 Å². The average Bonchev–Trinajstić information content (AvgIpc) is 2.15. The molecule has 1 rings (SSSR count). The van der Waals surface area contributed by atoms with Gasteiger partial charge in [-0.3, -0.25) is 9.78 Å². The zero-order chi connectivity index (χ0) is 10.4. The first kappa shape index (κ1) is 11.2. The van der Waals surface area contributed by atoms with Gasteiger partial charge in [0.2, 0.25) is 0 Å². The largest absolute Gasteiger partial charge is 0.325 e. The number of nitrogens with one attached hydrogen (secondary N) is 1. The van der Waals surface area contributed by atoms with E-state index in [4.69, 9.17) is 12.2 Å². The number of hydrogen-bond acceptors (Lipinski definition) is 2. The Morgan fingerprint density at radius 2 is 2.21 bits per heavy atom. The monoisotopic (exact) mass is 212 g/mol. The van der Waals surface area contributed by atoms with E-state index >= 15 is 0 Å². The Morgan fingerprint density at radius 3 is 2.86 bits per heavy atom. The standard InChI is InChI=1S/C10H16N2OS/c1-2-3-4-5-7-12-8-6-9(13)11-10(12)14/h6,8H,2-5,7H2,1H3,(H,11,13,14). The number of nitrogens with zero attached hydrogens (tertiary/aromatic N) is 1. The molecule has 0 atom stereocenters. The Bertz CT molecular complexity index is 380. The van der Waals surface area contributed by atoms with Crippen LogP contribution in [0.5, 0.6) is 0 Å². The van der Waals surface area contributed by atoms with E-state index in [1.54, 1.807) is 6.20 Å². The van der Waals surface area contributed by atoms with Gasteiger partial charge >= 0.3 is 0 Å². The molecule has 0 radical (unpaired) electrons.